The summed E-state index contributed by atoms with van der Waals surface area (Å²) in [6.45, 7) is 5.31. The normalized spacial score (nSPS) is 12.4. The summed E-state index contributed by atoms with van der Waals surface area (Å²) in [4.78, 5) is 7.83. The fraction of sp³-hybridized carbons (Fsp3) is 0.333. The van der Waals surface area contributed by atoms with E-state index in [0.29, 0.717) is 0 Å². The third-order valence-electron chi connectivity index (χ3n) is 0.624. The second-order valence-corrected chi connectivity index (χ2v) is 1.96. The first kappa shape index (κ1) is 8.43. The molecule has 0 saturated carbocycles. The van der Waals surface area contributed by atoms with Crippen molar-refractivity contribution in [1.82, 2.24) is 0 Å². The zero-order valence-corrected chi connectivity index (χ0v) is 6.48. The van der Waals surface area contributed by atoms with E-state index in [0.717, 1.165) is 5.17 Å². The molecule has 0 saturated heterocycles. The Kier molecular flexibility index (Phi) is 5.21. The van der Waals surface area contributed by atoms with Crippen molar-refractivity contribution in [2.24, 2.45) is 9.98 Å². The van der Waals surface area contributed by atoms with Crippen molar-refractivity contribution < 1.29 is 0 Å². The first-order valence-corrected chi connectivity index (χ1v) is 3.79. The van der Waals surface area contributed by atoms with Crippen molar-refractivity contribution in [3.05, 3.63) is 12.8 Å². The van der Waals surface area contributed by atoms with Gasteiger partial charge in [-0.15, -0.1) is 0 Å². The van der Waals surface area contributed by atoms with Gasteiger partial charge in [0.25, 0.3) is 0 Å². The number of hydrogen-bond donors (Lipinski definition) is 0. The molecule has 0 amide bonds. The van der Waals surface area contributed by atoms with Gasteiger partial charge in [-0.2, -0.15) is 0 Å². The van der Waals surface area contributed by atoms with E-state index < -0.39 is 0 Å². The Morgan fingerprint density at radius 1 is 1.67 bits per heavy atom. The topological polar surface area (TPSA) is 24.7 Å². The zero-order chi connectivity index (χ0) is 7.11. The minimum Gasteiger partial charge on any atom is -0.236 e. The van der Waals surface area contributed by atoms with E-state index in [-0.39, 0.29) is 0 Å². The van der Waals surface area contributed by atoms with Crippen LogP contribution < -0.4 is 0 Å². The molecule has 9 heavy (non-hydrogen) atoms. The Bertz CT molecular complexity index is 138. The first-order valence-electron chi connectivity index (χ1n) is 2.56. The van der Waals surface area contributed by atoms with Crippen LogP contribution in [0, 0.1) is 0 Å². The summed E-state index contributed by atoms with van der Waals surface area (Å²) in [6, 6.07) is 0. The number of rotatable bonds is 1. The summed E-state index contributed by atoms with van der Waals surface area (Å²) in [5.41, 5.74) is 0. The summed E-state index contributed by atoms with van der Waals surface area (Å²) in [7, 11) is 0. The molecule has 0 aliphatic heterocycles. The average Bonchev–Trinajstić information content (AvgIpc) is 1.88. The molecule has 0 aliphatic carbocycles. The molecule has 0 atom stereocenters. The van der Waals surface area contributed by atoms with Gasteiger partial charge in [-0.05, 0) is 13.2 Å². The van der Waals surface area contributed by atoms with Crippen LogP contribution in [0.1, 0.15) is 6.92 Å². The van der Waals surface area contributed by atoms with Crippen LogP contribution >= 0.6 is 11.8 Å². The summed E-state index contributed by atoms with van der Waals surface area (Å²) in [5.74, 6) is 0. The molecule has 0 radical (unpaired) electrons. The van der Waals surface area contributed by atoms with Crippen molar-refractivity contribution in [1.29, 1.82) is 0 Å². The largest absolute Gasteiger partial charge is 0.236 e. The van der Waals surface area contributed by atoms with Crippen molar-refractivity contribution >= 4 is 23.1 Å². The lowest BCUT2D eigenvalue weighted by molar-refractivity contribution is 1.56. The van der Waals surface area contributed by atoms with Crippen molar-refractivity contribution in [2.75, 3.05) is 6.26 Å². The SMILES string of the molecule is C=C/N=C(\N=C/C)SC. The maximum absolute atomic E-state index is 3.95. The van der Waals surface area contributed by atoms with E-state index >= 15 is 0 Å². The smallest absolute Gasteiger partial charge is 0.186 e. The van der Waals surface area contributed by atoms with Crippen LogP contribution in [0.2, 0.25) is 0 Å². The van der Waals surface area contributed by atoms with Gasteiger partial charge in [-0.1, -0.05) is 18.3 Å². The average molecular weight is 142 g/mol. The highest BCUT2D eigenvalue weighted by atomic mass is 32.2. The zero-order valence-electron chi connectivity index (χ0n) is 5.66. The Hall–Kier alpha value is -0.570. The summed E-state index contributed by atoms with van der Waals surface area (Å²) in [6.07, 6.45) is 5.12. The Morgan fingerprint density at radius 2 is 2.33 bits per heavy atom. The molecule has 50 valence electrons. The summed E-state index contributed by atoms with van der Waals surface area (Å²) in [5, 5.41) is 0.743. The first-order chi connectivity index (χ1) is 4.35. The van der Waals surface area contributed by atoms with Crippen molar-refractivity contribution in [2.45, 2.75) is 6.92 Å². The highest BCUT2D eigenvalue weighted by Gasteiger charge is 1.85. The fourth-order valence-corrected chi connectivity index (χ4v) is 0.718. The van der Waals surface area contributed by atoms with Crippen LogP contribution in [0.25, 0.3) is 0 Å². The van der Waals surface area contributed by atoms with Crippen LogP contribution in [0.15, 0.2) is 22.8 Å². The summed E-state index contributed by atoms with van der Waals surface area (Å²) < 4.78 is 0. The van der Waals surface area contributed by atoms with Crippen LogP contribution in [0.3, 0.4) is 0 Å². The fourth-order valence-electron chi connectivity index (χ4n) is 0.327. The molecule has 3 heteroatoms. The lowest BCUT2D eigenvalue weighted by Crippen LogP contribution is -1.82. The molecule has 0 unspecified atom stereocenters. The quantitative estimate of drug-likeness (QED) is 0.405. The molecule has 0 heterocycles. The van der Waals surface area contributed by atoms with E-state index in [1.165, 1.54) is 18.0 Å². The van der Waals surface area contributed by atoms with E-state index in [1.807, 2.05) is 13.2 Å². The minimum atomic E-state index is 0.743. The Balaban J connectivity index is 3.96. The number of thioether (sulfide) groups is 1. The molecule has 0 spiro atoms. The predicted molar refractivity (Wildman–Crippen MR) is 45.3 cm³/mol. The molecule has 0 aromatic rings. The van der Waals surface area contributed by atoms with Gasteiger partial charge in [0.2, 0.25) is 0 Å². The van der Waals surface area contributed by atoms with Gasteiger partial charge in [0.1, 0.15) is 0 Å². The van der Waals surface area contributed by atoms with Crippen LogP contribution in [-0.2, 0) is 0 Å². The molecule has 0 aromatic carbocycles. The lowest BCUT2D eigenvalue weighted by Gasteiger charge is -1.88. The van der Waals surface area contributed by atoms with Gasteiger partial charge in [0.05, 0.1) is 0 Å². The highest BCUT2D eigenvalue weighted by Crippen LogP contribution is 1.98. The third-order valence-corrected chi connectivity index (χ3v) is 1.20. The third kappa shape index (κ3) is 3.97. The minimum absolute atomic E-state index is 0.743. The molecule has 0 rings (SSSR count). The van der Waals surface area contributed by atoms with E-state index in [4.69, 9.17) is 0 Å². The number of aliphatic imine (C=N–C) groups is 2. The standard InChI is InChI=1S/C6H10N2S/c1-4-7-6(9-3)8-5-2/h4-5H,1H2,2-3H3/b7-6+,8-5-. The van der Waals surface area contributed by atoms with Gasteiger partial charge in [0, 0.05) is 12.4 Å². The molecule has 2 nitrogen and oxygen atoms in total. The maximum Gasteiger partial charge on any atom is 0.186 e. The molecule has 0 aliphatic rings. The van der Waals surface area contributed by atoms with E-state index in [1.54, 1.807) is 6.21 Å². The Labute approximate surface area is 59.8 Å². The molecular weight excluding hydrogens is 132 g/mol. The molecule has 0 fully saturated rings. The summed E-state index contributed by atoms with van der Waals surface area (Å²) >= 11 is 1.50. The van der Waals surface area contributed by atoms with Gasteiger partial charge in [-0.25, -0.2) is 9.98 Å². The molecular formula is C6H10N2S. The van der Waals surface area contributed by atoms with Crippen molar-refractivity contribution in [3.63, 3.8) is 0 Å². The van der Waals surface area contributed by atoms with Gasteiger partial charge < -0.3 is 0 Å². The van der Waals surface area contributed by atoms with Gasteiger partial charge in [0.15, 0.2) is 5.17 Å². The number of nitrogens with zero attached hydrogens (tertiary/aromatic N) is 2. The predicted octanol–water partition coefficient (Wildman–Crippen LogP) is 1.94. The Morgan fingerprint density at radius 3 is 2.67 bits per heavy atom. The highest BCUT2D eigenvalue weighted by molar-refractivity contribution is 8.13. The van der Waals surface area contributed by atoms with Gasteiger partial charge in [-0.3, -0.25) is 0 Å². The lowest BCUT2D eigenvalue weighted by atomic mass is 10.9. The van der Waals surface area contributed by atoms with Crippen molar-refractivity contribution in [3.8, 4) is 0 Å². The number of hydrogen-bond acceptors (Lipinski definition) is 2. The van der Waals surface area contributed by atoms with Crippen LogP contribution in [0.5, 0.6) is 0 Å². The van der Waals surface area contributed by atoms with E-state index in [9.17, 15) is 0 Å². The molecule has 0 aromatic heterocycles. The molecule has 0 bridgehead atoms. The number of amidine groups is 1. The molecule has 0 N–H and O–H groups in total. The van der Waals surface area contributed by atoms with Crippen LogP contribution in [0.4, 0.5) is 0 Å². The second-order valence-electron chi connectivity index (χ2n) is 1.19. The second kappa shape index (κ2) is 5.56. The van der Waals surface area contributed by atoms with Gasteiger partial charge >= 0.3 is 0 Å². The monoisotopic (exact) mass is 142 g/mol. The maximum atomic E-state index is 3.95. The van der Waals surface area contributed by atoms with Crippen LogP contribution in [-0.4, -0.2) is 17.6 Å². The van der Waals surface area contributed by atoms with E-state index in [2.05, 4.69) is 16.6 Å².